The van der Waals surface area contributed by atoms with Gasteiger partial charge in [-0.15, -0.1) is 0 Å². The van der Waals surface area contributed by atoms with Crippen molar-refractivity contribution < 1.29 is 9.84 Å². The number of rotatable bonds is 5. The van der Waals surface area contributed by atoms with Crippen molar-refractivity contribution in [2.45, 2.75) is 37.7 Å². The van der Waals surface area contributed by atoms with Crippen molar-refractivity contribution in [2.24, 2.45) is 23.5 Å². The van der Waals surface area contributed by atoms with Crippen LogP contribution in [0.25, 0.3) is 0 Å². The second-order valence-electron chi connectivity index (χ2n) is 6.44. The van der Waals surface area contributed by atoms with Crippen molar-refractivity contribution in [1.82, 2.24) is 0 Å². The molecule has 3 N–H and O–H groups in total. The number of methoxy groups -OCH3 is 1. The first kappa shape index (κ1) is 13.9. The number of benzene rings is 1. The average Bonchev–Trinajstić information content (AvgIpc) is 3.11. The molecule has 2 bridgehead atoms. The van der Waals surface area contributed by atoms with Gasteiger partial charge < -0.3 is 15.6 Å². The normalized spacial score (nSPS) is 31.2. The first-order valence-corrected chi connectivity index (χ1v) is 7.75. The van der Waals surface area contributed by atoms with Gasteiger partial charge in [-0.25, -0.2) is 0 Å². The van der Waals surface area contributed by atoms with E-state index in [-0.39, 0.29) is 12.0 Å². The summed E-state index contributed by atoms with van der Waals surface area (Å²) < 4.78 is 5.19. The molecule has 2 saturated carbocycles. The zero-order valence-corrected chi connectivity index (χ0v) is 12.2. The Labute approximate surface area is 121 Å². The van der Waals surface area contributed by atoms with E-state index in [1.165, 1.54) is 25.7 Å². The Morgan fingerprint density at radius 1 is 1.25 bits per heavy atom. The first-order chi connectivity index (χ1) is 9.72. The number of aliphatic hydroxyl groups is 1. The van der Waals surface area contributed by atoms with Crippen LogP contribution < -0.4 is 10.5 Å². The number of fused-ring (bicyclic) bond motifs is 2. The van der Waals surface area contributed by atoms with Gasteiger partial charge in [0.2, 0.25) is 0 Å². The lowest BCUT2D eigenvalue weighted by Gasteiger charge is -2.32. The third-order valence-electron chi connectivity index (χ3n) is 5.44. The molecule has 3 rings (SSSR count). The summed E-state index contributed by atoms with van der Waals surface area (Å²) in [6, 6.07) is 7.97. The molecule has 2 aliphatic carbocycles. The predicted molar refractivity (Wildman–Crippen MR) is 79.7 cm³/mol. The van der Waals surface area contributed by atoms with Crippen LogP contribution in [0.4, 0.5) is 0 Å². The molecule has 3 nitrogen and oxygen atoms in total. The Bertz CT molecular complexity index is 445. The Balaban J connectivity index is 1.74. The molecule has 0 saturated heterocycles. The molecule has 2 fully saturated rings. The summed E-state index contributed by atoms with van der Waals surface area (Å²) >= 11 is 0. The van der Waals surface area contributed by atoms with Gasteiger partial charge in [-0.2, -0.15) is 0 Å². The Morgan fingerprint density at radius 3 is 2.50 bits per heavy atom. The fourth-order valence-electron chi connectivity index (χ4n) is 4.33. The zero-order valence-electron chi connectivity index (χ0n) is 12.2. The lowest BCUT2D eigenvalue weighted by Crippen LogP contribution is -2.35. The lowest BCUT2D eigenvalue weighted by molar-refractivity contribution is 0.0532. The maximum absolute atomic E-state index is 10.8. The van der Waals surface area contributed by atoms with Crippen LogP contribution in [0.3, 0.4) is 0 Å². The number of nitrogens with two attached hydrogens (primary N) is 1. The van der Waals surface area contributed by atoms with Gasteiger partial charge >= 0.3 is 0 Å². The highest BCUT2D eigenvalue weighted by atomic mass is 16.5. The van der Waals surface area contributed by atoms with E-state index in [1.54, 1.807) is 7.11 Å². The van der Waals surface area contributed by atoms with Gasteiger partial charge in [-0.05, 0) is 54.7 Å². The second-order valence-corrected chi connectivity index (χ2v) is 6.44. The van der Waals surface area contributed by atoms with Crippen molar-refractivity contribution in [3.05, 3.63) is 29.8 Å². The fraction of sp³-hybridized carbons (Fsp3) is 0.647. The molecule has 0 heterocycles. The lowest BCUT2D eigenvalue weighted by atomic mass is 9.77. The van der Waals surface area contributed by atoms with Gasteiger partial charge in [0.25, 0.3) is 0 Å². The monoisotopic (exact) mass is 275 g/mol. The van der Waals surface area contributed by atoms with Gasteiger partial charge in [0.1, 0.15) is 5.75 Å². The van der Waals surface area contributed by atoms with Crippen LogP contribution in [0.5, 0.6) is 5.75 Å². The highest BCUT2D eigenvalue weighted by molar-refractivity contribution is 5.30. The largest absolute Gasteiger partial charge is 0.497 e. The van der Waals surface area contributed by atoms with Gasteiger partial charge in [0.15, 0.2) is 0 Å². The molecule has 0 aliphatic heterocycles. The molecular weight excluding hydrogens is 250 g/mol. The standard InChI is InChI=1S/C17H25NO2/c1-20-14-6-4-12(5-7-14)16(10-18)17(19)15-9-11-2-3-13(15)8-11/h4-7,11,13,15-17,19H,2-3,8-10,18H2,1H3. The summed E-state index contributed by atoms with van der Waals surface area (Å²) in [6.45, 7) is 0.501. The van der Waals surface area contributed by atoms with E-state index in [4.69, 9.17) is 10.5 Å². The van der Waals surface area contributed by atoms with Crippen molar-refractivity contribution in [1.29, 1.82) is 0 Å². The Hall–Kier alpha value is -1.06. The number of aliphatic hydroxyl groups excluding tert-OH is 1. The Kier molecular flexibility index (Phi) is 3.99. The molecule has 0 radical (unpaired) electrons. The maximum Gasteiger partial charge on any atom is 0.118 e. The summed E-state index contributed by atoms with van der Waals surface area (Å²) in [4.78, 5) is 0. The molecule has 5 atom stereocenters. The molecule has 0 aromatic heterocycles. The van der Waals surface area contributed by atoms with E-state index in [0.717, 1.165) is 23.1 Å². The van der Waals surface area contributed by atoms with Crippen LogP contribution in [0.15, 0.2) is 24.3 Å². The number of hydrogen-bond donors (Lipinski definition) is 2. The summed E-state index contributed by atoms with van der Waals surface area (Å²) in [5.41, 5.74) is 7.08. The summed E-state index contributed by atoms with van der Waals surface area (Å²) in [5, 5.41) is 10.8. The minimum absolute atomic E-state index is 0.0465. The zero-order chi connectivity index (χ0) is 14.1. The van der Waals surface area contributed by atoms with Crippen LogP contribution in [-0.2, 0) is 0 Å². The van der Waals surface area contributed by atoms with Gasteiger partial charge in [-0.3, -0.25) is 0 Å². The fourth-order valence-corrected chi connectivity index (χ4v) is 4.33. The van der Waals surface area contributed by atoms with E-state index in [0.29, 0.717) is 12.5 Å². The molecule has 0 amide bonds. The molecule has 2 aliphatic rings. The van der Waals surface area contributed by atoms with E-state index < -0.39 is 0 Å². The molecule has 1 aromatic carbocycles. The molecule has 0 spiro atoms. The van der Waals surface area contributed by atoms with Crippen molar-refractivity contribution >= 4 is 0 Å². The highest BCUT2D eigenvalue weighted by Gasteiger charge is 2.44. The molecule has 1 aromatic rings. The van der Waals surface area contributed by atoms with Gasteiger partial charge in [0, 0.05) is 12.5 Å². The molecular formula is C17H25NO2. The molecule has 110 valence electrons. The average molecular weight is 275 g/mol. The van der Waals surface area contributed by atoms with Crippen LogP contribution in [0.1, 0.15) is 37.2 Å². The van der Waals surface area contributed by atoms with Crippen LogP contribution >= 0.6 is 0 Å². The van der Waals surface area contributed by atoms with E-state index >= 15 is 0 Å². The quantitative estimate of drug-likeness (QED) is 0.868. The summed E-state index contributed by atoms with van der Waals surface area (Å²) in [5.74, 6) is 2.92. The topological polar surface area (TPSA) is 55.5 Å². The number of ether oxygens (including phenoxy) is 1. The minimum atomic E-state index is -0.302. The van der Waals surface area contributed by atoms with E-state index in [1.807, 2.05) is 24.3 Å². The van der Waals surface area contributed by atoms with Crippen LogP contribution in [-0.4, -0.2) is 24.9 Å². The van der Waals surface area contributed by atoms with Crippen LogP contribution in [0.2, 0.25) is 0 Å². The third kappa shape index (κ3) is 2.45. The molecule has 3 heteroatoms. The summed E-state index contributed by atoms with van der Waals surface area (Å²) in [6.07, 6.45) is 4.87. The van der Waals surface area contributed by atoms with Crippen molar-refractivity contribution in [3.63, 3.8) is 0 Å². The maximum atomic E-state index is 10.8. The van der Waals surface area contributed by atoms with Gasteiger partial charge in [0.05, 0.1) is 13.2 Å². The molecule has 20 heavy (non-hydrogen) atoms. The van der Waals surface area contributed by atoms with Crippen molar-refractivity contribution in [3.8, 4) is 5.75 Å². The van der Waals surface area contributed by atoms with Gasteiger partial charge in [-0.1, -0.05) is 18.6 Å². The van der Waals surface area contributed by atoms with E-state index in [9.17, 15) is 5.11 Å². The SMILES string of the molecule is COc1ccc(C(CN)C(O)C2CC3CCC2C3)cc1. The smallest absolute Gasteiger partial charge is 0.118 e. The van der Waals surface area contributed by atoms with Crippen LogP contribution in [0, 0.1) is 17.8 Å². The third-order valence-corrected chi connectivity index (χ3v) is 5.44. The second kappa shape index (κ2) is 5.74. The highest BCUT2D eigenvalue weighted by Crippen LogP contribution is 2.51. The van der Waals surface area contributed by atoms with E-state index in [2.05, 4.69) is 0 Å². The minimum Gasteiger partial charge on any atom is -0.497 e. The predicted octanol–water partition coefficient (Wildman–Crippen LogP) is 2.53. The first-order valence-electron chi connectivity index (χ1n) is 7.75. The Morgan fingerprint density at radius 2 is 2.00 bits per heavy atom. The number of hydrogen-bond acceptors (Lipinski definition) is 3. The summed E-state index contributed by atoms with van der Waals surface area (Å²) in [7, 11) is 1.67. The molecule has 5 unspecified atom stereocenters. The van der Waals surface area contributed by atoms with Crippen molar-refractivity contribution in [2.75, 3.05) is 13.7 Å².